The largest absolute Gasteiger partial charge is 0.379 e. The van der Waals surface area contributed by atoms with Gasteiger partial charge in [-0.05, 0) is 112 Å². The van der Waals surface area contributed by atoms with Crippen LogP contribution in [0.5, 0.6) is 0 Å². The average Bonchev–Trinajstić information content (AvgIpc) is 0.799. The Morgan fingerprint density at radius 2 is 1.13 bits per heavy atom. The highest BCUT2D eigenvalue weighted by Gasteiger charge is 2.54. The summed E-state index contributed by atoms with van der Waals surface area (Å²) in [5.74, 6) is -10.7. The standard InChI is InChI=1S/C72H124N12O14/c1-22-54-57(85)39-49(14)68(91)81(20)63(51(16)97-32-26-25-29-83-30-33-96-34-31-83)60(88)41-53(45(8)9)71(94)79(18)55(36-43(4)5)58(86)38-48(13)66(89)73-50(15)69(92)78(17)56(37-44(6)7)59(87)40-52(35-42(2)3)70(93)80(19)62(46(10)11)72(95)84-64(67(90)74-54)65(98-84)47(12)27-23-24-28-61-75-77-82(21)76-61/h42-56,62-65H,22-41H2,1-21H3,(H,73,89)(H,74,90)/t47-,48-,49+,50-,51-,52-,53+,54+,55+,56+,62+,63+,64+,65-/m1/s1. The van der Waals surface area contributed by atoms with Crippen LogP contribution in [0.1, 0.15) is 200 Å². The number of likely N-dealkylation sites (N-methyl/N-ethyl adjacent to an activating group) is 4. The molecular formula is C72H124N12O14. The molecule has 1 aromatic rings. The van der Waals surface area contributed by atoms with Gasteiger partial charge in [0.1, 0.15) is 24.2 Å². The predicted octanol–water partition coefficient (Wildman–Crippen LogP) is 6.10. The summed E-state index contributed by atoms with van der Waals surface area (Å²) in [4.78, 5) is 178. The summed E-state index contributed by atoms with van der Waals surface area (Å²) >= 11 is 0. The molecule has 4 heterocycles. The first-order valence-electron chi connectivity index (χ1n) is 36.4. The second kappa shape index (κ2) is 39.8. The van der Waals surface area contributed by atoms with Gasteiger partial charge in [-0.2, -0.15) is 4.80 Å². The van der Waals surface area contributed by atoms with Crippen molar-refractivity contribution < 1.29 is 67.1 Å². The van der Waals surface area contributed by atoms with Crippen LogP contribution in [0, 0.1) is 59.2 Å². The van der Waals surface area contributed by atoms with Gasteiger partial charge in [0, 0.05) is 104 Å². The minimum absolute atomic E-state index is 0.0854. The number of fused-ring (bicyclic) bond motifs is 1. The number of morpholine rings is 1. The summed E-state index contributed by atoms with van der Waals surface area (Å²) in [6.45, 7) is 32.7. The van der Waals surface area contributed by atoms with Crippen LogP contribution in [-0.2, 0) is 80.5 Å². The van der Waals surface area contributed by atoms with Gasteiger partial charge in [-0.1, -0.05) is 103 Å². The van der Waals surface area contributed by atoms with Crippen molar-refractivity contribution in [1.29, 1.82) is 0 Å². The number of unbranched alkanes of at least 4 members (excludes halogenated alkanes) is 2. The number of Topliss-reactive ketones (excluding diaryl/α,β-unsaturated/α-hetero) is 4. The van der Waals surface area contributed by atoms with E-state index in [2.05, 4.69) is 30.9 Å². The van der Waals surface area contributed by atoms with Gasteiger partial charge in [-0.15, -0.1) is 10.2 Å². The van der Waals surface area contributed by atoms with Crippen molar-refractivity contribution in [1.82, 2.24) is 60.4 Å². The normalized spacial score (nSPS) is 28.0. The van der Waals surface area contributed by atoms with Gasteiger partial charge in [-0.25, -0.2) is 5.06 Å². The Morgan fingerprint density at radius 3 is 1.68 bits per heavy atom. The first-order valence-corrected chi connectivity index (χ1v) is 36.4. The van der Waals surface area contributed by atoms with E-state index in [0.29, 0.717) is 51.1 Å². The zero-order valence-corrected chi connectivity index (χ0v) is 63.3. The summed E-state index contributed by atoms with van der Waals surface area (Å²) in [6.07, 6.45) is 1.80. The first kappa shape index (κ1) is 84.3. The van der Waals surface area contributed by atoms with Crippen LogP contribution in [0.4, 0.5) is 0 Å². The summed E-state index contributed by atoms with van der Waals surface area (Å²) in [6, 6.07) is -8.01. The molecule has 26 nitrogen and oxygen atoms in total. The Morgan fingerprint density at radius 1 is 0.561 bits per heavy atom. The van der Waals surface area contributed by atoms with Gasteiger partial charge in [-0.3, -0.25) is 62.5 Å². The molecule has 0 unspecified atom stereocenters. The molecule has 0 aliphatic carbocycles. The van der Waals surface area contributed by atoms with Crippen molar-refractivity contribution >= 4 is 64.5 Å². The molecule has 1 aromatic heterocycles. The molecule has 0 aromatic carbocycles. The Hall–Kier alpha value is -6.12. The number of hydrogen-bond donors (Lipinski definition) is 2. The van der Waals surface area contributed by atoms with Crippen LogP contribution >= 0.6 is 0 Å². The molecule has 0 saturated carbocycles. The summed E-state index contributed by atoms with van der Waals surface area (Å²) in [5.41, 5.74) is 0. The van der Waals surface area contributed by atoms with Gasteiger partial charge >= 0.3 is 0 Å². The van der Waals surface area contributed by atoms with Crippen LogP contribution < -0.4 is 10.6 Å². The highest BCUT2D eigenvalue weighted by molar-refractivity contribution is 6.00. The number of aromatic nitrogens is 4. The lowest BCUT2D eigenvalue weighted by atomic mass is 9.85. The Kier molecular flexibility index (Phi) is 34.2. The molecule has 0 bridgehead atoms. The molecule has 7 amide bonds. The number of ether oxygens (including phenoxy) is 2. The Bertz CT molecular complexity index is 2820. The highest BCUT2D eigenvalue weighted by atomic mass is 16.7. The van der Waals surface area contributed by atoms with Gasteiger partial charge in [0.15, 0.2) is 35.0 Å². The number of nitrogens with zero attached hydrogens (tertiary/aromatic N) is 10. The van der Waals surface area contributed by atoms with Crippen molar-refractivity contribution in [2.75, 3.05) is 67.6 Å². The molecule has 3 aliphatic heterocycles. The van der Waals surface area contributed by atoms with Crippen LogP contribution in [0.3, 0.4) is 0 Å². The van der Waals surface area contributed by atoms with Gasteiger partial charge < -0.3 is 39.7 Å². The molecule has 0 spiro atoms. The van der Waals surface area contributed by atoms with Crippen LogP contribution in [0.2, 0.25) is 0 Å². The van der Waals surface area contributed by atoms with E-state index >= 15 is 19.2 Å². The first-order chi connectivity index (χ1) is 45.9. The zero-order valence-electron chi connectivity index (χ0n) is 63.3. The molecule has 0 radical (unpaired) electrons. The van der Waals surface area contributed by atoms with Gasteiger partial charge in [0.25, 0.3) is 5.91 Å². The second-order valence-corrected chi connectivity index (χ2v) is 30.4. The third kappa shape index (κ3) is 24.0. The maximum absolute atomic E-state index is 15.3. The third-order valence-electron chi connectivity index (χ3n) is 19.8. The number of amides is 7. The van der Waals surface area contributed by atoms with Crippen molar-refractivity contribution in [2.24, 2.45) is 66.2 Å². The van der Waals surface area contributed by atoms with Crippen LogP contribution in [0.15, 0.2) is 0 Å². The number of ketones is 4. The maximum Gasteiger partial charge on any atom is 0.270 e. The van der Waals surface area contributed by atoms with E-state index in [4.69, 9.17) is 14.3 Å². The van der Waals surface area contributed by atoms with E-state index in [-0.39, 0.29) is 81.6 Å². The fraction of sp³-hybridized carbons (Fsp3) is 0.833. The van der Waals surface area contributed by atoms with E-state index in [0.717, 1.165) is 31.1 Å². The number of carbonyl (C=O) groups is 11. The summed E-state index contributed by atoms with van der Waals surface area (Å²) < 4.78 is 11.9. The molecule has 3 fully saturated rings. The van der Waals surface area contributed by atoms with E-state index in [1.807, 2.05) is 62.3 Å². The molecule has 14 atom stereocenters. The lowest BCUT2D eigenvalue weighted by Crippen LogP contribution is -2.71. The molecule has 556 valence electrons. The topological polar surface area (TPSA) is 303 Å². The number of tetrazole rings is 1. The molecular weight excluding hydrogens is 1260 g/mol. The molecule has 4 rings (SSSR count). The smallest absolute Gasteiger partial charge is 0.270 e. The molecule has 26 heteroatoms. The zero-order chi connectivity index (χ0) is 73.7. The second-order valence-electron chi connectivity index (χ2n) is 30.4. The lowest BCUT2D eigenvalue weighted by molar-refractivity contribution is -0.322. The minimum atomic E-state index is -1.27. The molecule has 98 heavy (non-hydrogen) atoms. The van der Waals surface area contributed by atoms with Crippen LogP contribution in [-0.4, -0.2) is 236 Å². The predicted molar refractivity (Wildman–Crippen MR) is 371 cm³/mol. The number of hydrogen-bond acceptors (Lipinski definition) is 18. The van der Waals surface area contributed by atoms with Crippen LogP contribution in [0.25, 0.3) is 0 Å². The Labute approximate surface area is 584 Å². The number of carbonyl (C=O) groups excluding carboxylic acids is 11. The van der Waals surface area contributed by atoms with Crippen molar-refractivity contribution in [3.05, 3.63) is 5.82 Å². The summed E-state index contributed by atoms with van der Waals surface area (Å²) in [5, 5.41) is 19.0. The molecule has 3 saturated heterocycles. The monoisotopic (exact) mass is 1380 g/mol. The Balaban J connectivity index is 1.83. The SMILES string of the molecule is CC[C@@H]1NC(=O)[C@@H]2[C@@H]([C@H](C)CCCCc3nnn(C)n3)ON2C(=O)[C@H](C(C)C)N(C)C(=O)[C@H](CC(C)C)CC(=O)[C@H](CC(C)C)N(C)C(=O)[C@@H](C)NC(=O)[C@H](C)CC(=O)[C@H](CC(C)C)N(C)C(=O)[C@H](C(C)C)CC(=O)[C@H]([C@@H](C)OCCCCN2CCOCC2)N(C)C(=O)[C@@H](C)CC1=O. The minimum Gasteiger partial charge on any atom is -0.379 e. The van der Waals surface area contributed by atoms with Crippen molar-refractivity contribution in [3.8, 4) is 0 Å². The molecule has 2 N–H and O–H groups in total. The number of hydroxylamine groups is 2. The highest BCUT2D eigenvalue weighted by Crippen LogP contribution is 2.35. The van der Waals surface area contributed by atoms with E-state index in [9.17, 15) is 33.6 Å². The lowest BCUT2D eigenvalue weighted by Gasteiger charge is -2.50. The van der Waals surface area contributed by atoms with E-state index < -0.39 is 154 Å². The summed E-state index contributed by atoms with van der Waals surface area (Å²) in [7, 11) is 7.68. The molecule has 3 aliphatic rings. The van der Waals surface area contributed by atoms with Gasteiger partial charge in [0.05, 0.1) is 44.5 Å². The number of aryl methyl sites for hydroxylation is 2. The third-order valence-corrected chi connectivity index (χ3v) is 19.8. The number of rotatable bonds is 22. The fourth-order valence-electron chi connectivity index (χ4n) is 14.0. The average molecular weight is 1380 g/mol. The van der Waals surface area contributed by atoms with Crippen molar-refractivity contribution in [2.45, 2.75) is 255 Å². The van der Waals surface area contributed by atoms with E-state index in [1.165, 1.54) is 59.5 Å². The van der Waals surface area contributed by atoms with Gasteiger partial charge in [0.2, 0.25) is 35.4 Å². The fourth-order valence-corrected chi connectivity index (χ4v) is 14.0. The van der Waals surface area contributed by atoms with Crippen molar-refractivity contribution in [3.63, 3.8) is 0 Å². The van der Waals surface area contributed by atoms with E-state index in [1.54, 1.807) is 48.6 Å². The maximum atomic E-state index is 15.3. The quantitative estimate of drug-likeness (QED) is 0.124. The number of nitrogens with one attached hydrogen (secondary N) is 2.